The van der Waals surface area contributed by atoms with Crippen molar-refractivity contribution >= 4 is 23.5 Å². The van der Waals surface area contributed by atoms with Crippen molar-refractivity contribution < 1.29 is 0 Å². The summed E-state index contributed by atoms with van der Waals surface area (Å²) in [5.74, 6) is 0. The second kappa shape index (κ2) is 14.3. The molecule has 0 radical (unpaired) electrons. The molecule has 0 nitrogen and oxygen atoms in total. The first-order valence-electron chi connectivity index (χ1n) is 20.7. The third-order valence-corrected chi connectivity index (χ3v) is 15.0. The van der Waals surface area contributed by atoms with Crippen molar-refractivity contribution in [2.75, 3.05) is 0 Å². The summed E-state index contributed by atoms with van der Waals surface area (Å²) in [7, 11) is 0. The lowest BCUT2D eigenvalue weighted by Gasteiger charge is -2.39. The van der Waals surface area contributed by atoms with Crippen molar-refractivity contribution in [1.82, 2.24) is 0 Å². The fourth-order valence-corrected chi connectivity index (χ4v) is 11.1. The van der Waals surface area contributed by atoms with E-state index in [0.717, 1.165) is 0 Å². The van der Waals surface area contributed by atoms with Crippen LogP contribution in [0.2, 0.25) is 0 Å². The molecule has 2 aliphatic heterocycles. The molecule has 0 N–H and O–H groups in total. The standard InChI is InChI=1S/C30H36S.C24H32S/c1-19-15-21(28(2,3)4)17-24-26(19)31-27-23(20-13-11-10-12-14-20)16-22(29(5,6)7)18-25(27)30(24,8)9;1-15-12-17(23(5,6)7)14-19-21(15)25-20-11-10-16(22(2,3)4)13-18(20)24(19,8)9/h10-18H,1-9H3;10-14H,1-9H3. The summed E-state index contributed by atoms with van der Waals surface area (Å²) in [5, 5.41) is 0. The molecule has 56 heavy (non-hydrogen) atoms. The Hall–Kier alpha value is -3.20. The second-order valence-electron chi connectivity index (χ2n) is 21.8. The van der Waals surface area contributed by atoms with E-state index < -0.39 is 0 Å². The van der Waals surface area contributed by atoms with Gasteiger partial charge in [0.2, 0.25) is 0 Å². The number of aryl methyl sites for hydroxylation is 2. The minimum atomic E-state index is -0.0489. The minimum Gasteiger partial charge on any atom is -0.0892 e. The first kappa shape index (κ1) is 42.4. The van der Waals surface area contributed by atoms with Gasteiger partial charge >= 0.3 is 0 Å². The van der Waals surface area contributed by atoms with Gasteiger partial charge in [-0.25, -0.2) is 0 Å². The molecule has 0 unspecified atom stereocenters. The van der Waals surface area contributed by atoms with Gasteiger partial charge in [-0.3, -0.25) is 0 Å². The topological polar surface area (TPSA) is 0 Å². The Morgan fingerprint density at radius 3 is 1.25 bits per heavy atom. The zero-order chi connectivity index (χ0) is 41.6. The Morgan fingerprint density at radius 1 is 0.393 bits per heavy atom. The molecule has 0 saturated heterocycles. The molecule has 0 aromatic heterocycles. The SMILES string of the molecule is Cc1cc(C(C)(C)C)cc2c1Sc1c(-c3ccccc3)cc(C(C)(C)C)cc1C2(C)C.Cc1cc(C(C)(C)C)cc2c1Sc1ccc(C(C)(C)C)cc1C2(C)C. The quantitative estimate of drug-likeness (QED) is 0.166. The number of fused-ring (bicyclic) bond motifs is 4. The number of hydrogen-bond donors (Lipinski definition) is 0. The number of hydrogen-bond acceptors (Lipinski definition) is 2. The van der Waals surface area contributed by atoms with Gasteiger partial charge in [0, 0.05) is 30.4 Å². The van der Waals surface area contributed by atoms with Gasteiger partial charge < -0.3 is 0 Å². The number of rotatable bonds is 1. The fraction of sp³-hybridized carbons (Fsp3) is 0.444. The van der Waals surface area contributed by atoms with E-state index in [9.17, 15) is 0 Å². The monoisotopic (exact) mass is 780 g/mol. The van der Waals surface area contributed by atoms with Gasteiger partial charge in [-0.15, -0.1) is 0 Å². The van der Waals surface area contributed by atoms with Crippen LogP contribution in [0.1, 0.15) is 166 Å². The molecule has 0 atom stereocenters. The Bertz CT molecular complexity index is 2290. The summed E-state index contributed by atoms with van der Waals surface area (Å²) >= 11 is 3.92. The summed E-state index contributed by atoms with van der Waals surface area (Å²) in [6.45, 7) is 41.9. The van der Waals surface area contributed by atoms with Crippen LogP contribution < -0.4 is 0 Å². The predicted octanol–water partition coefficient (Wildman–Crippen LogP) is 16.4. The fourth-order valence-electron chi connectivity index (χ4n) is 8.16. The van der Waals surface area contributed by atoms with Crippen LogP contribution in [0.25, 0.3) is 11.1 Å². The molecule has 2 heterocycles. The summed E-state index contributed by atoms with van der Waals surface area (Å²) in [6, 6.07) is 32.6. The molecule has 7 rings (SSSR count). The maximum atomic E-state index is 2.48. The van der Waals surface area contributed by atoms with E-state index in [2.05, 4.69) is 210 Å². The highest BCUT2D eigenvalue weighted by molar-refractivity contribution is 8.00. The molecule has 0 amide bonds. The zero-order valence-electron chi connectivity index (χ0n) is 37.9. The van der Waals surface area contributed by atoms with Crippen molar-refractivity contribution in [2.24, 2.45) is 0 Å². The van der Waals surface area contributed by atoms with E-state index in [1.807, 2.05) is 23.5 Å². The summed E-state index contributed by atoms with van der Waals surface area (Å²) in [6.07, 6.45) is 0. The summed E-state index contributed by atoms with van der Waals surface area (Å²) < 4.78 is 0. The van der Waals surface area contributed by atoms with E-state index in [-0.39, 0.29) is 32.5 Å². The molecule has 0 bridgehead atoms. The molecular formula is C54H68S2. The van der Waals surface area contributed by atoms with E-state index >= 15 is 0 Å². The van der Waals surface area contributed by atoms with Gasteiger partial charge in [0.05, 0.1) is 0 Å². The third kappa shape index (κ3) is 7.96. The van der Waals surface area contributed by atoms with Crippen molar-refractivity contribution in [3.63, 3.8) is 0 Å². The molecule has 0 spiro atoms. The van der Waals surface area contributed by atoms with Gasteiger partial charge in [0.15, 0.2) is 0 Å². The van der Waals surface area contributed by atoms with Gasteiger partial charge in [0.25, 0.3) is 0 Å². The largest absolute Gasteiger partial charge is 0.0892 e. The van der Waals surface area contributed by atoms with Gasteiger partial charge in [-0.1, -0.05) is 207 Å². The van der Waals surface area contributed by atoms with Gasteiger partial charge in [-0.05, 0) is 114 Å². The zero-order valence-corrected chi connectivity index (χ0v) is 39.5. The maximum absolute atomic E-state index is 2.48. The van der Waals surface area contributed by atoms with Crippen molar-refractivity contribution in [3.05, 3.63) is 141 Å². The first-order chi connectivity index (χ1) is 25.6. The Kier molecular flexibility index (Phi) is 10.8. The van der Waals surface area contributed by atoms with E-state index in [1.165, 1.54) is 86.3 Å². The molecule has 2 aliphatic rings. The van der Waals surface area contributed by atoms with E-state index in [1.54, 1.807) is 0 Å². The van der Waals surface area contributed by atoms with E-state index in [0.29, 0.717) is 0 Å². The molecule has 0 fully saturated rings. The van der Waals surface area contributed by atoms with Crippen molar-refractivity contribution in [2.45, 2.75) is 177 Å². The molecule has 0 aliphatic carbocycles. The van der Waals surface area contributed by atoms with Gasteiger partial charge in [0.1, 0.15) is 0 Å². The lowest BCUT2D eigenvalue weighted by atomic mass is 9.72. The second-order valence-corrected chi connectivity index (χ2v) is 23.8. The minimum absolute atomic E-state index is 0.0309. The predicted molar refractivity (Wildman–Crippen MR) is 248 cm³/mol. The van der Waals surface area contributed by atoms with Crippen LogP contribution in [0.4, 0.5) is 0 Å². The first-order valence-corrected chi connectivity index (χ1v) is 22.3. The third-order valence-electron chi connectivity index (χ3n) is 12.3. The lowest BCUT2D eigenvalue weighted by Crippen LogP contribution is -2.27. The Balaban J connectivity index is 0.000000194. The normalized spacial score (nSPS) is 15.8. The van der Waals surface area contributed by atoms with Crippen molar-refractivity contribution in [1.29, 1.82) is 0 Å². The maximum Gasteiger partial charge on any atom is 0.0242 e. The average molecular weight is 781 g/mol. The Morgan fingerprint density at radius 2 is 0.786 bits per heavy atom. The molecule has 5 aromatic carbocycles. The molecule has 5 aromatic rings. The molecule has 296 valence electrons. The van der Waals surface area contributed by atoms with Crippen molar-refractivity contribution in [3.8, 4) is 11.1 Å². The van der Waals surface area contributed by atoms with Crippen LogP contribution in [0.3, 0.4) is 0 Å². The molecular weight excluding hydrogens is 713 g/mol. The molecule has 2 heteroatoms. The van der Waals surface area contributed by atoms with Crippen LogP contribution in [0.5, 0.6) is 0 Å². The molecule has 0 saturated carbocycles. The van der Waals surface area contributed by atoms with E-state index in [4.69, 9.17) is 0 Å². The Labute approximate surface area is 350 Å². The average Bonchev–Trinajstić information content (AvgIpc) is 3.07. The summed E-state index contributed by atoms with van der Waals surface area (Å²) in [5.41, 5.74) is 17.6. The smallest absolute Gasteiger partial charge is 0.0242 e. The summed E-state index contributed by atoms with van der Waals surface area (Å²) in [4.78, 5) is 5.72. The lowest BCUT2D eigenvalue weighted by molar-refractivity contribution is 0.562. The van der Waals surface area contributed by atoms with Crippen LogP contribution in [0, 0.1) is 13.8 Å². The highest BCUT2D eigenvalue weighted by Gasteiger charge is 2.38. The van der Waals surface area contributed by atoms with Crippen LogP contribution in [-0.4, -0.2) is 0 Å². The highest BCUT2D eigenvalue weighted by atomic mass is 32.2. The van der Waals surface area contributed by atoms with Crippen LogP contribution >= 0.6 is 23.5 Å². The number of benzene rings is 5. The van der Waals surface area contributed by atoms with Crippen LogP contribution in [0.15, 0.2) is 105 Å². The van der Waals surface area contributed by atoms with Gasteiger partial charge in [-0.2, -0.15) is 0 Å². The van der Waals surface area contributed by atoms with Crippen LogP contribution in [-0.2, 0) is 32.5 Å². The highest BCUT2D eigenvalue weighted by Crippen LogP contribution is 2.55.